The Morgan fingerprint density at radius 2 is 1.90 bits per heavy atom. The van der Waals surface area contributed by atoms with Gasteiger partial charge >= 0.3 is 0 Å². The number of nitrogens with one attached hydrogen (secondary N) is 2. The summed E-state index contributed by atoms with van der Waals surface area (Å²) in [6.45, 7) is 15.5. The maximum Gasteiger partial charge on any atom is 0.191 e. The van der Waals surface area contributed by atoms with Gasteiger partial charge in [0, 0.05) is 25.4 Å². The van der Waals surface area contributed by atoms with Gasteiger partial charge in [0.25, 0.3) is 0 Å². The fourth-order valence-corrected chi connectivity index (χ4v) is 3.98. The number of hydrazine groups is 1. The molecular formula is C22H38N6O2Si. The smallest absolute Gasteiger partial charge is 0.191 e. The number of allylic oxidation sites excluding steroid dienone is 2. The molecule has 0 aromatic heterocycles. The molecule has 0 atom stereocenters. The van der Waals surface area contributed by atoms with Crippen LogP contribution in [0.5, 0.6) is 5.75 Å². The van der Waals surface area contributed by atoms with Crippen molar-refractivity contribution in [3.63, 3.8) is 0 Å². The number of methoxy groups -OCH3 is 1. The summed E-state index contributed by atoms with van der Waals surface area (Å²) in [5, 5.41) is 13.3. The average molecular weight is 447 g/mol. The van der Waals surface area contributed by atoms with E-state index in [9.17, 15) is 0 Å². The Labute approximate surface area is 187 Å². The van der Waals surface area contributed by atoms with E-state index in [0.717, 1.165) is 42.3 Å². The molecule has 0 bridgehead atoms. The zero-order valence-corrected chi connectivity index (χ0v) is 21.0. The molecule has 0 saturated heterocycles. The lowest BCUT2D eigenvalue weighted by molar-refractivity contribution is 0.234. The number of rotatable bonds is 10. The molecule has 172 valence electrons. The second-order valence-electron chi connectivity index (χ2n) is 9.20. The van der Waals surface area contributed by atoms with Crippen molar-refractivity contribution in [2.75, 3.05) is 20.3 Å². The van der Waals surface area contributed by atoms with Crippen molar-refractivity contribution in [1.82, 2.24) is 15.8 Å². The van der Waals surface area contributed by atoms with Gasteiger partial charge in [-0.15, -0.1) is 5.11 Å². The van der Waals surface area contributed by atoms with Crippen molar-refractivity contribution < 1.29 is 9.16 Å². The Morgan fingerprint density at radius 1 is 1.23 bits per heavy atom. The summed E-state index contributed by atoms with van der Waals surface area (Å²) in [4.78, 5) is 0. The van der Waals surface area contributed by atoms with Gasteiger partial charge in [0.05, 0.1) is 7.11 Å². The predicted molar refractivity (Wildman–Crippen MR) is 127 cm³/mol. The van der Waals surface area contributed by atoms with Crippen LogP contribution in [-0.4, -0.2) is 33.6 Å². The van der Waals surface area contributed by atoms with Crippen molar-refractivity contribution in [1.29, 1.82) is 0 Å². The molecule has 0 unspecified atom stereocenters. The highest BCUT2D eigenvalue weighted by Crippen LogP contribution is 2.36. The molecule has 0 fully saturated rings. The van der Waals surface area contributed by atoms with E-state index in [2.05, 4.69) is 60.0 Å². The van der Waals surface area contributed by atoms with E-state index in [0.29, 0.717) is 12.4 Å². The highest BCUT2D eigenvalue weighted by molar-refractivity contribution is 6.74. The van der Waals surface area contributed by atoms with Crippen LogP contribution < -0.4 is 21.3 Å². The van der Waals surface area contributed by atoms with Crippen LogP contribution in [0.4, 0.5) is 0 Å². The largest absolute Gasteiger partial charge is 0.497 e. The SMILES string of the molecule is COc1ccc(CNC(N=NN)=C2C=C(C)NN2CCCO[Si](C)(C)C(C)(C)C)cc1. The fourth-order valence-electron chi connectivity index (χ4n) is 2.89. The first kappa shape index (κ1) is 24.7. The first-order valence-corrected chi connectivity index (χ1v) is 13.6. The Kier molecular flexibility index (Phi) is 8.52. The quantitative estimate of drug-likeness (QED) is 0.162. The van der Waals surface area contributed by atoms with E-state index < -0.39 is 8.32 Å². The van der Waals surface area contributed by atoms with Crippen LogP contribution in [0.15, 0.2) is 57.9 Å². The summed E-state index contributed by atoms with van der Waals surface area (Å²) >= 11 is 0. The number of hydrogen-bond donors (Lipinski definition) is 3. The summed E-state index contributed by atoms with van der Waals surface area (Å²) in [6.07, 6.45) is 2.94. The molecule has 0 aliphatic carbocycles. The number of ether oxygens (including phenoxy) is 1. The molecule has 0 amide bonds. The highest BCUT2D eigenvalue weighted by atomic mass is 28.4. The van der Waals surface area contributed by atoms with E-state index in [1.165, 1.54) is 0 Å². The Morgan fingerprint density at radius 3 is 2.48 bits per heavy atom. The van der Waals surface area contributed by atoms with Gasteiger partial charge in [0.1, 0.15) is 11.4 Å². The molecule has 1 aromatic carbocycles. The molecule has 0 saturated carbocycles. The maximum absolute atomic E-state index is 6.31. The highest BCUT2D eigenvalue weighted by Gasteiger charge is 2.36. The Bertz CT molecular complexity index is 812. The topological polar surface area (TPSA) is 96.5 Å². The average Bonchev–Trinajstić information content (AvgIpc) is 3.08. The van der Waals surface area contributed by atoms with Gasteiger partial charge in [-0.3, -0.25) is 5.01 Å². The Hall–Kier alpha value is -2.52. The number of hydrogen-bond acceptors (Lipinski definition) is 7. The van der Waals surface area contributed by atoms with Gasteiger partial charge in [-0.05, 0) is 55.2 Å². The van der Waals surface area contributed by atoms with E-state index in [1.807, 2.05) is 37.3 Å². The summed E-state index contributed by atoms with van der Waals surface area (Å²) in [6, 6.07) is 7.89. The van der Waals surface area contributed by atoms with Crippen LogP contribution in [0.3, 0.4) is 0 Å². The summed E-state index contributed by atoms with van der Waals surface area (Å²) in [7, 11) is -0.0812. The van der Waals surface area contributed by atoms with Gasteiger partial charge < -0.3 is 25.7 Å². The standard InChI is InChI=1S/C22H38N6O2Si/c1-17-15-20(28(26-17)13-8-14-30-31(6,7)22(2,3)4)21(25-27-23)24-16-18-9-11-19(29-5)12-10-18/h9-12,15,24,26H,8,13-14,16H2,1-7H3,(H2,23,25). The number of benzene rings is 1. The normalized spacial score (nSPS) is 16.4. The van der Waals surface area contributed by atoms with Crippen molar-refractivity contribution >= 4 is 8.32 Å². The van der Waals surface area contributed by atoms with E-state index >= 15 is 0 Å². The molecule has 1 aliphatic heterocycles. The molecule has 1 heterocycles. The monoisotopic (exact) mass is 446 g/mol. The molecule has 9 heteroatoms. The molecule has 2 rings (SSSR count). The van der Waals surface area contributed by atoms with E-state index in [4.69, 9.17) is 15.0 Å². The predicted octanol–water partition coefficient (Wildman–Crippen LogP) is 4.42. The number of nitrogens with two attached hydrogens (primary N) is 1. The lowest BCUT2D eigenvalue weighted by atomic mass is 10.2. The van der Waals surface area contributed by atoms with Gasteiger partial charge in [-0.1, -0.05) is 38.1 Å². The first-order chi connectivity index (χ1) is 14.6. The molecule has 31 heavy (non-hydrogen) atoms. The van der Waals surface area contributed by atoms with Crippen molar-refractivity contribution in [3.8, 4) is 5.75 Å². The summed E-state index contributed by atoms with van der Waals surface area (Å²) in [5.41, 5.74) is 6.43. The molecule has 8 nitrogen and oxygen atoms in total. The van der Waals surface area contributed by atoms with Crippen molar-refractivity contribution in [2.24, 2.45) is 16.2 Å². The minimum atomic E-state index is -1.74. The third-order valence-corrected chi connectivity index (χ3v) is 10.3. The van der Waals surface area contributed by atoms with E-state index in [-0.39, 0.29) is 5.04 Å². The third-order valence-electron chi connectivity index (χ3n) is 5.77. The number of nitrogens with zero attached hydrogens (tertiary/aromatic N) is 3. The van der Waals surface area contributed by atoms with Crippen LogP contribution >= 0.6 is 0 Å². The van der Waals surface area contributed by atoms with Crippen LogP contribution in [0.1, 0.15) is 39.7 Å². The molecule has 0 spiro atoms. The van der Waals surface area contributed by atoms with Crippen LogP contribution in [0, 0.1) is 0 Å². The summed E-state index contributed by atoms with van der Waals surface area (Å²) < 4.78 is 11.5. The lowest BCUT2D eigenvalue weighted by Gasteiger charge is -2.36. The second-order valence-corrected chi connectivity index (χ2v) is 14.0. The lowest BCUT2D eigenvalue weighted by Crippen LogP contribution is -2.41. The third kappa shape index (κ3) is 7.00. The van der Waals surface area contributed by atoms with Gasteiger partial charge in [-0.2, -0.15) is 0 Å². The van der Waals surface area contributed by atoms with Crippen LogP contribution in [0.2, 0.25) is 18.1 Å². The zero-order valence-electron chi connectivity index (χ0n) is 20.0. The molecule has 1 aliphatic rings. The molecule has 0 radical (unpaired) electrons. The van der Waals surface area contributed by atoms with Crippen LogP contribution in [-0.2, 0) is 11.0 Å². The zero-order chi connectivity index (χ0) is 23.1. The first-order valence-electron chi connectivity index (χ1n) is 10.7. The van der Waals surface area contributed by atoms with Crippen LogP contribution in [0.25, 0.3) is 0 Å². The summed E-state index contributed by atoms with van der Waals surface area (Å²) in [5.74, 6) is 6.83. The minimum Gasteiger partial charge on any atom is -0.497 e. The molecular weight excluding hydrogens is 408 g/mol. The molecule has 4 N–H and O–H groups in total. The second kappa shape index (κ2) is 10.7. The maximum atomic E-state index is 6.31. The fraction of sp³-hybridized carbons (Fsp3) is 0.545. The van der Waals surface area contributed by atoms with Gasteiger partial charge in [-0.25, -0.2) is 0 Å². The van der Waals surface area contributed by atoms with Crippen molar-refractivity contribution in [2.45, 2.75) is 58.8 Å². The van der Waals surface area contributed by atoms with Gasteiger partial charge in [0.15, 0.2) is 14.1 Å². The van der Waals surface area contributed by atoms with Crippen molar-refractivity contribution in [3.05, 3.63) is 53.1 Å². The minimum absolute atomic E-state index is 0.210. The van der Waals surface area contributed by atoms with Gasteiger partial charge in [0.2, 0.25) is 0 Å². The Balaban J connectivity index is 2.03. The van der Waals surface area contributed by atoms with E-state index in [1.54, 1.807) is 7.11 Å². The molecule has 1 aromatic rings.